The molecule has 5 heteroatoms. The first-order chi connectivity index (χ1) is 9.72. The molecule has 0 aliphatic carbocycles. The summed E-state index contributed by atoms with van der Waals surface area (Å²) in [5, 5.41) is 6.42. The van der Waals surface area contributed by atoms with Gasteiger partial charge in [-0.2, -0.15) is 0 Å². The summed E-state index contributed by atoms with van der Waals surface area (Å²) in [7, 11) is 3.15. The predicted molar refractivity (Wildman–Crippen MR) is 77.5 cm³/mol. The average molecular weight is 278 g/mol. The Labute approximate surface area is 119 Å². The molecule has 1 aromatic carbocycles. The van der Waals surface area contributed by atoms with Crippen molar-refractivity contribution in [2.45, 2.75) is 25.3 Å². The molecule has 5 nitrogen and oxygen atoms in total. The first kappa shape index (κ1) is 14.7. The molecular formula is C15H22N2O3. The van der Waals surface area contributed by atoms with E-state index in [4.69, 9.17) is 9.47 Å². The molecule has 1 atom stereocenters. The second-order valence-corrected chi connectivity index (χ2v) is 4.95. The van der Waals surface area contributed by atoms with Crippen LogP contribution in [-0.2, 0) is 0 Å². The van der Waals surface area contributed by atoms with Gasteiger partial charge in [-0.1, -0.05) is 0 Å². The minimum Gasteiger partial charge on any atom is -0.497 e. The van der Waals surface area contributed by atoms with E-state index < -0.39 is 0 Å². The lowest BCUT2D eigenvalue weighted by atomic mass is 10.1. The summed E-state index contributed by atoms with van der Waals surface area (Å²) in [6.07, 6.45) is 3.07. The number of rotatable bonds is 4. The number of hydrogen-bond acceptors (Lipinski definition) is 4. The maximum Gasteiger partial charge on any atom is 0.251 e. The molecule has 0 radical (unpaired) electrons. The average Bonchev–Trinajstić information content (AvgIpc) is 2.75. The Kier molecular flexibility index (Phi) is 5.24. The van der Waals surface area contributed by atoms with Crippen LogP contribution in [0, 0.1) is 0 Å². The fourth-order valence-corrected chi connectivity index (χ4v) is 2.37. The smallest absolute Gasteiger partial charge is 0.251 e. The summed E-state index contributed by atoms with van der Waals surface area (Å²) in [6, 6.07) is 5.45. The largest absolute Gasteiger partial charge is 0.497 e. The van der Waals surface area contributed by atoms with E-state index in [1.165, 1.54) is 0 Å². The van der Waals surface area contributed by atoms with Crippen molar-refractivity contribution >= 4 is 5.91 Å². The van der Waals surface area contributed by atoms with Crippen molar-refractivity contribution < 1.29 is 14.3 Å². The van der Waals surface area contributed by atoms with Crippen LogP contribution in [0.1, 0.15) is 29.6 Å². The molecule has 20 heavy (non-hydrogen) atoms. The zero-order valence-electron chi connectivity index (χ0n) is 12.1. The second-order valence-electron chi connectivity index (χ2n) is 4.95. The topological polar surface area (TPSA) is 59.6 Å². The molecule has 1 fully saturated rings. The van der Waals surface area contributed by atoms with Crippen LogP contribution in [0.25, 0.3) is 0 Å². The van der Waals surface area contributed by atoms with E-state index in [1.54, 1.807) is 32.4 Å². The van der Waals surface area contributed by atoms with Crippen LogP contribution >= 0.6 is 0 Å². The van der Waals surface area contributed by atoms with Gasteiger partial charge in [-0.25, -0.2) is 0 Å². The lowest BCUT2D eigenvalue weighted by molar-refractivity contribution is 0.0933. The highest BCUT2D eigenvalue weighted by atomic mass is 16.5. The van der Waals surface area contributed by atoms with E-state index in [9.17, 15) is 4.79 Å². The zero-order chi connectivity index (χ0) is 14.4. The van der Waals surface area contributed by atoms with Gasteiger partial charge in [-0.3, -0.25) is 4.79 Å². The van der Waals surface area contributed by atoms with Crippen LogP contribution in [0.5, 0.6) is 11.5 Å². The van der Waals surface area contributed by atoms with E-state index in [0.717, 1.165) is 32.4 Å². The SMILES string of the molecule is COc1cc(OC)cc(C(=O)NC2CCCNCC2)c1. The van der Waals surface area contributed by atoms with Gasteiger partial charge in [0.05, 0.1) is 14.2 Å². The molecule has 0 bridgehead atoms. The van der Waals surface area contributed by atoms with Gasteiger partial charge < -0.3 is 20.1 Å². The summed E-state index contributed by atoms with van der Waals surface area (Å²) in [5.41, 5.74) is 0.568. The van der Waals surface area contributed by atoms with Crippen molar-refractivity contribution in [2.75, 3.05) is 27.3 Å². The minimum absolute atomic E-state index is 0.0749. The Hall–Kier alpha value is -1.75. The van der Waals surface area contributed by atoms with Gasteiger partial charge in [-0.15, -0.1) is 0 Å². The predicted octanol–water partition coefficient (Wildman–Crippen LogP) is 1.58. The fraction of sp³-hybridized carbons (Fsp3) is 0.533. The number of amides is 1. The monoisotopic (exact) mass is 278 g/mol. The maximum absolute atomic E-state index is 12.3. The standard InChI is InChI=1S/C15H22N2O3/c1-19-13-8-11(9-14(10-13)20-2)15(18)17-12-4-3-6-16-7-5-12/h8-10,12,16H,3-7H2,1-2H3,(H,17,18). The number of benzene rings is 1. The molecule has 1 aromatic rings. The second kappa shape index (κ2) is 7.14. The van der Waals surface area contributed by atoms with Gasteiger partial charge in [0.15, 0.2) is 0 Å². The molecule has 1 heterocycles. The molecule has 0 spiro atoms. The highest BCUT2D eigenvalue weighted by Gasteiger charge is 2.16. The Bertz CT molecular complexity index is 432. The van der Waals surface area contributed by atoms with E-state index >= 15 is 0 Å². The zero-order valence-corrected chi connectivity index (χ0v) is 12.1. The van der Waals surface area contributed by atoms with Gasteiger partial charge in [0.25, 0.3) is 5.91 Å². The molecule has 1 unspecified atom stereocenters. The lowest BCUT2D eigenvalue weighted by Gasteiger charge is -2.16. The number of nitrogens with one attached hydrogen (secondary N) is 2. The highest BCUT2D eigenvalue weighted by Crippen LogP contribution is 2.22. The van der Waals surface area contributed by atoms with Crippen molar-refractivity contribution in [1.29, 1.82) is 0 Å². The summed E-state index contributed by atoms with van der Waals surface area (Å²) >= 11 is 0. The molecule has 110 valence electrons. The Morgan fingerprint density at radius 1 is 1.15 bits per heavy atom. The third kappa shape index (κ3) is 3.87. The molecule has 1 saturated heterocycles. The molecule has 0 aromatic heterocycles. The lowest BCUT2D eigenvalue weighted by Crippen LogP contribution is -2.35. The van der Waals surface area contributed by atoms with Crippen LogP contribution < -0.4 is 20.1 Å². The van der Waals surface area contributed by atoms with Gasteiger partial charge in [0.1, 0.15) is 11.5 Å². The van der Waals surface area contributed by atoms with Gasteiger partial charge in [0.2, 0.25) is 0 Å². The number of hydrogen-bond donors (Lipinski definition) is 2. The van der Waals surface area contributed by atoms with Crippen molar-refractivity contribution in [2.24, 2.45) is 0 Å². The van der Waals surface area contributed by atoms with Gasteiger partial charge in [-0.05, 0) is 44.5 Å². The van der Waals surface area contributed by atoms with E-state index in [1.807, 2.05) is 0 Å². The summed E-state index contributed by atoms with van der Waals surface area (Å²) in [4.78, 5) is 12.3. The van der Waals surface area contributed by atoms with Crippen molar-refractivity contribution in [3.63, 3.8) is 0 Å². The van der Waals surface area contributed by atoms with Crippen LogP contribution in [-0.4, -0.2) is 39.3 Å². The van der Waals surface area contributed by atoms with E-state index in [2.05, 4.69) is 10.6 Å². The highest BCUT2D eigenvalue weighted by molar-refractivity contribution is 5.95. The van der Waals surface area contributed by atoms with Crippen LogP contribution in [0.3, 0.4) is 0 Å². The van der Waals surface area contributed by atoms with E-state index in [-0.39, 0.29) is 11.9 Å². The van der Waals surface area contributed by atoms with Gasteiger partial charge in [0, 0.05) is 17.7 Å². The quantitative estimate of drug-likeness (QED) is 0.878. The first-order valence-corrected chi connectivity index (χ1v) is 6.97. The van der Waals surface area contributed by atoms with Crippen molar-refractivity contribution in [1.82, 2.24) is 10.6 Å². The Balaban J connectivity index is 2.07. The summed E-state index contributed by atoms with van der Waals surface area (Å²) in [5.74, 6) is 1.17. The summed E-state index contributed by atoms with van der Waals surface area (Å²) < 4.78 is 10.4. The fourth-order valence-electron chi connectivity index (χ4n) is 2.37. The number of carbonyl (C=O) groups is 1. The number of carbonyl (C=O) groups excluding carboxylic acids is 1. The van der Waals surface area contributed by atoms with Crippen molar-refractivity contribution in [3.8, 4) is 11.5 Å². The molecule has 1 aliphatic rings. The Morgan fingerprint density at radius 2 is 1.85 bits per heavy atom. The molecule has 2 N–H and O–H groups in total. The third-order valence-corrected chi connectivity index (χ3v) is 3.52. The van der Waals surface area contributed by atoms with Crippen LogP contribution in [0.4, 0.5) is 0 Å². The molecule has 1 aliphatic heterocycles. The van der Waals surface area contributed by atoms with Crippen LogP contribution in [0.15, 0.2) is 18.2 Å². The third-order valence-electron chi connectivity index (χ3n) is 3.52. The summed E-state index contributed by atoms with van der Waals surface area (Å²) in [6.45, 7) is 1.98. The molecule has 0 saturated carbocycles. The van der Waals surface area contributed by atoms with Gasteiger partial charge >= 0.3 is 0 Å². The minimum atomic E-state index is -0.0749. The van der Waals surface area contributed by atoms with Crippen molar-refractivity contribution in [3.05, 3.63) is 23.8 Å². The first-order valence-electron chi connectivity index (χ1n) is 6.97. The number of methoxy groups -OCH3 is 2. The maximum atomic E-state index is 12.3. The van der Waals surface area contributed by atoms with E-state index in [0.29, 0.717) is 17.1 Å². The molecule has 2 rings (SSSR count). The molecule has 1 amide bonds. The molecular weight excluding hydrogens is 256 g/mol. The number of ether oxygens (including phenoxy) is 2. The van der Waals surface area contributed by atoms with Crippen LogP contribution in [0.2, 0.25) is 0 Å². The normalized spacial score (nSPS) is 19.0. The Morgan fingerprint density at radius 3 is 2.50 bits per heavy atom.